The van der Waals surface area contributed by atoms with Gasteiger partial charge < -0.3 is 10.6 Å². The fraction of sp³-hybridized carbons (Fsp3) is 0.143. The van der Waals surface area contributed by atoms with Crippen molar-refractivity contribution in [3.63, 3.8) is 0 Å². The number of aromatic nitrogens is 2. The Morgan fingerprint density at radius 2 is 1.17 bits per heavy atom. The van der Waals surface area contributed by atoms with Gasteiger partial charge in [-0.3, -0.25) is 0 Å². The van der Waals surface area contributed by atoms with E-state index in [1.807, 2.05) is 50.5 Å². The highest BCUT2D eigenvalue weighted by Gasteiger charge is 2.07. The molecule has 0 bridgehead atoms. The van der Waals surface area contributed by atoms with Crippen LogP contribution in [0.1, 0.15) is 0 Å². The monoisotopic (exact) mass is 238 g/mol. The molecule has 0 fully saturated rings. The van der Waals surface area contributed by atoms with E-state index < -0.39 is 0 Å². The molecule has 0 amide bonds. The highest BCUT2D eigenvalue weighted by atomic mass is 14.9. The van der Waals surface area contributed by atoms with E-state index in [1.54, 1.807) is 0 Å². The standard InChI is InChI=1S/C14H14N4/c1-15-9-5-3-7-11-13(9)17-12-8-4-6-10(16-2)14(12)18-11/h3-8,15-16H,1-2H3. The summed E-state index contributed by atoms with van der Waals surface area (Å²) in [5, 5.41) is 6.29. The van der Waals surface area contributed by atoms with E-state index in [4.69, 9.17) is 9.97 Å². The first-order valence-corrected chi connectivity index (χ1v) is 5.88. The summed E-state index contributed by atoms with van der Waals surface area (Å²) < 4.78 is 0. The first-order chi connectivity index (χ1) is 8.83. The Morgan fingerprint density at radius 3 is 1.56 bits per heavy atom. The second-order valence-corrected chi connectivity index (χ2v) is 4.07. The number of para-hydroxylation sites is 2. The number of anilines is 2. The maximum atomic E-state index is 4.69. The van der Waals surface area contributed by atoms with Crippen molar-refractivity contribution in [3.8, 4) is 0 Å². The van der Waals surface area contributed by atoms with Crippen molar-refractivity contribution in [3.05, 3.63) is 36.4 Å². The lowest BCUT2D eigenvalue weighted by molar-refractivity contribution is 1.37. The lowest BCUT2D eigenvalue weighted by Crippen LogP contribution is -1.96. The molecule has 0 aliphatic carbocycles. The molecule has 1 aromatic heterocycles. The molecule has 0 saturated heterocycles. The average molecular weight is 238 g/mol. The zero-order chi connectivity index (χ0) is 12.5. The van der Waals surface area contributed by atoms with Gasteiger partial charge in [-0.15, -0.1) is 0 Å². The van der Waals surface area contributed by atoms with Crippen LogP contribution in [0.25, 0.3) is 22.1 Å². The first kappa shape index (κ1) is 10.8. The summed E-state index contributed by atoms with van der Waals surface area (Å²) in [4.78, 5) is 9.38. The fourth-order valence-corrected chi connectivity index (χ4v) is 2.12. The van der Waals surface area contributed by atoms with Gasteiger partial charge in [-0.25, -0.2) is 9.97 Å². The molecule has 0 spiro atoms. The zero-order valence-corrected chi connectivity index (χ0v) is 10.4. The minimum absolute atomic E-state index is 0.900. The molecular weight excluding hydrogens is 224 g/mol. The van der Waals surface area contributed by atoms with Gasteiger partial charge in [-0.2, -0.15) is 0 Å². The number of hydrogen-bond acceptors (Lipinski definition) is 4. The Bertz CT molecular complexity index is 658. The summed E-state index contributed by atoms with van der Waals surface area (Å²) >= 11 is 0. The molecule has 3 rings (SSSR count). The third-order valence-corrected chi connectivity index (χ3v) is 3.03. The highest BCUT2D eigenvalue weighted by molar-refractivity contribution is 5.97. The van der Waals surface area contributed by atoms with E-state index in [9.17, 15) is 0 Å². The molecule has 0 radical (unpaired) electrons. The lowest BCUT2D eigenvalue weighted by atomic mass is 10.2. The van der Waals surface area contributed by atoms with Crippen LogP contribution in [0.2, 0.25) is 0 Å². The molecule has 18 heavy (non-hydrogen) atoms. The quantitative estimate of drug-likeness (QED) is 0.674. The summed E-state index contributed by atoms with van der Waals surface area (Å²) in [5.74, 6) is 0. The number of nitrogens with one attached hydrogen (secondary N) is 2. The van der Waals surface area contributed by atoms with Crippen molar-refractivity contribution in [2.75, 3.05) is 24.7 Å². The molecule has 0 saturated carbocycles. The van der Waals surface area contributed by atoms with E-state index >= 15 is 0 Å². The van der Waals surface area contributed by atoms with Gasteiger partial charge in [-0.1, -0.05) is 12.1 Å². The van der Waals surface area contributed by atoms with Crippen molar-refractivity contribution in [1.82, 2.24) is 9.97 Å². The second kappa shape index (κ2) is 4.14. The fourth-order valence-electron chi connectivity index (χ4n) is 2.12. The van der Waals surface area contributed by atoms with Gasteiger partial charge in [0.25, 0.3) is 0 Å². The van der Waals surface area contributed by atoms with Crippen LogP contribution in [0.3, 0.4) is 0 Å². The van der Waals surface area contributed by atoms with E-state index in [1.165, 1.54) is 0 Å². The van der Waals surface area contributed by atoms with Crippen LogP contribution in [-0.4, -0.2) is 24.1 Å². The summed E-state index contributed by atoms with van der Waals surface area (Å²) in [7, 11) is 3.79. The molecule has 0 unspecified atom stereocenters. The summed E-state index contributed by atoms with van der Waals surface area (Å²) in [5.41, 5.74) is 5.60. The maximum absolute atomic E-state index is 4.69. The molecule has 3 aromatic rings. The average Bonchev–Trinajstić information content (AvgIpc) is 2.43. The van der Waals surface area contributed by atoms with Crippen LogP contribution < -0.4 is 10.6 Å². The highest BCUT2D eigenvalue weighted by Crippen LogP contribution is 2.25. The Morgan fingerprint density at radius 1 is 0.722 bits per heavy atom. The van der Waals surface area contributed by atoms with E-state index in [0.717, 1.165) is 33.4 Å². The summed E-state index contributed by atoms with van der Waals surface area (Å²) in [6, 6.07) is 11.9. The van der Waals surface area contributed by atoms with Crippen LogP contribution in [0.15, 0.2) is 36.4 Å². The SMILES string of the molecule is CNc1cccc2nc3c(NC)cccc3nc12. The molecule has 4 nitrogen and oxygen atoms in total. The Kier molecular flexibility index (Phi) is 2.48. The van der Waals surface area contributed by atoms with Gasteiger partial charge >= 0.3 is 0 Å². The van der Waals surface area contributed by atoms with Gasteiger partial charge in [0.05, 0.1) is 22.4 Å². The minimum atomic E-state index is 0.900. The Hall–Kier alpha value is -2.36. The molecule has 0 aliphatic rings. The topological polar surface area (TPSA) is 49.8 Å². The molecule has 0 atom stereocenters. The molecule has 4 heteroatoms. The van der Waals surface area contributed by atoms with Crippen molar-refractivity contribution in [2.24, 2.45) is 0 Å². The number of fused-ring (bicyclic) bond motifs is 2. The van der Waals surface area contributed by atoms with Crippen LogP contribution in [0, 0.1) is 0 Å². The summed E-state index contributed by atoms with van der Waals surface area (Å²) in [6.45, 7) is 0. The smallest absolute Gasteiger partial charge is 0.113 e. The molecular formula is C14H14N4. The van der Waals surface area contributed by atoms with Gasteiger partial charge in [0, 0.05) is 14.1 Å². The second-order valence-electron chi connectivity index (χ2n) is 4.07. The zero-order valence-electron chi connectivity index (χ0n) is 10.4. The number of rotatable bonds is 2. The predicted molar refractivity (Wildman–Crippen MR) is 76.1 cm³/mol. The van der Waals surface area contributed by atoms with E-state index in [2.05, 4.69) is 10.6 Å². The van der Waals surface area contributed by atoms with Gasteiger partial charge in [0.2, 0.25) is 0 Å². The van der Waals surface area contributed by atoms with Gasteiger partial charge in [0.1, 0.15) is 11.0 Å². The van der Waals surface area contributed by atoms with Crippen LogP contribution in [0.5, 0.6) is 0 Å². The number of nitrogens with zero attached hydrogens (tertiary/aromatic N) is 2. The van der Waals surface area contributed by atoms with E-state index in [-0.39, 0.29) is 0 Å². The van der Waals surface area contributed by atoms with Crippen molar-refractivity contribution >= 4 is 33.4 Å². The summed E-state index contributed by atoms with van der Waals surface area (Å²) in [6.07, 6.45) is 0. The van der Waals surface area contributed by atoms with Gasteiger partial charge in [0.15, 0.2) is 0 Å². The molecule has 2 aromatic carbocycles. The number of hydrogen-bond donors (Lipinski definition) is 2. The van der Waals surface area contributed by atoms with E-state index in [0.29, 0.717) is 0 Å². The maximum Gasteiger partial charge on any atom is 0.113 e. The molecule has 2 N–H and O–H groups in total. The third kappa shape index (κ3) is 1.54. The van der Waals surface area contributed by atoms with Gasteiger partial charge in [-0.05, 0) is 24.3 Å². The van der Waals surface area contributed by atoms with Crippen LogP contribution in [-0.2, 0) is 0 Å². The first-order valence-electron chi connectivity index (χ1n) is 5.88. The lowest BCUT2D eigenvalue weighted by Gasteiger charge is -2.08. The Labute approximate surface area is 105 Å². The van der Waals surface area contributed by atoms with Crippen molar-refractivity contribution in [1.29, 1.82) is 0 Å². The van der Waals surface area contributed by atoms with Crippen LogP contribution >= 0.6 is 0 Å². The largest absolute Gasteiger partial charge is 0.386 e. The molecule has 90 valence electrons. The Balaban J connectivity index is 2.43. The number of benzene rings is 2. The minimum Gasteiger partial charge on any atom is -0.386 e. The third-order valence-electron chi connectivity index (χ3n) is 3.03. The molecule has 0 aliphatic heterocycles. The van der Waals surface area contributed by atoms with Crippen molar-refractivity contribution < 1.29 is 0 Å². The normalized spacial score (nSPS) is 10.8. The van der Waals surface area contributed by atoms with Crippen LogP contribution in [0.4, 0.5) is 11.4 Å². The van der Waals surface area contributed by atoms with Crippen molar-refractivity contribution in [2.45, 2.75) is 0 Å². The predicted octanol–water partition coefficient (Wildman–Crippen LogP) is 2.87. The molecule has 1 heterocycles.